The zero-order valence-corrected chi connectivity index (χ0v) is 11.7. The van der Waals surface area contributed by atoms with Gasteiger partial charge in [0.15, 0.2) is 5.78 Å². The van der Waals surface area contributed by atoms with E-state index in [-0.39, 0.29) is 5.78 Å². The summed E-state index contributed by atoms with van der Waals surface area (Å²) in [6, 6.07) is 7.93. The van der Waals surface area contributed by atoms with Crippen LogP contribution in [-0.4, -0.2) is 5.78 Å². The van der Waals surface area contributed by atoms with E-state index in [1.54, 1.807) is 0 Å². The Hall–Kier alpha value is -1.35. The largest absolute Gasteiger partial charge is 0.460 e. The van der Waals surface area contributed by atoms with Crippen LogP contribution in [0.4, 0.5) is 0 Å². The number of ketones is 1. The van der Waals surface area contributed by atoms with Crippen LogP contribution < -0.4 is 0 Å². The molecule has 0 aliphatic heterocycles. The number of hydrogen-bond donors (Lipinski definition) is 0. The van der Waals surface area contributed by atoms with Crippen molar-refractivity contribution in [2.75, 3.05) is 0 Å². The van der Waals surface area contributed by atoms with Crippen molar-refractivity contribution >= 4 is 21.7 Å². The third kappa shape index (κ3) is 1.74. The predicted molar refractivity (Wildman–Crippen MR) is 73.8 cm³/mol. The topological polar surface area (TPSA) is 30.2 Å². The van der Waals surface area contributed by atoms with Crippen LogP contribution in [0.1, 0.15) is 34.5 Å². The Balaban J connectivity index is 2.21. The van der Waals surface area contributed by atoms with Crippen LogP contribution in [0.3, 0.4) is 0 Å². The standard InChI is InChI=1S/C15H13BrO2/c1-9-14-12(17)7-4-8-13(14)18-15(9)10-5-2-3-6-11(10)16/h2-3,5-6H,4,7-8H2,1H3. The third-order valence-corrected chi connectivity index (χ3v) is 4.12. The Morgan fingerprint density at radius 3 is 2.72 bits per heavy atom. The molecule has 18 heavy (non-hydrogen) atoms. The molecule has 1 aliphatic carbocycles. The van der Waals surface area contributed by atoms with E-state index in [0.29, 0.717) is 6.42 Å². The first-order valence-corrected chi connectivity index (χ1v) is 6.88. The number of carbonyl (C=O) groups is 1. The molecule has 2 aromatic rings. The van der Waals surface area contributed by atoms with Crippen molar-refractivity contribution in [2.24, 2.45) is 0 Å². The number of benzene rings is 1. The van der Waals surface area contributed by atoms with Gasteiger partial charge in [0.1, 0.15) is 11.5 Å². The molecule has 0 fully saturated rings. The lowest BCUT2D eigenvalue weighted by Crippen LogP contribution is -2.09. The lowest BCUT2D eigenvalue weighted by molar-refractivity contribution is 0.0969. The quantitative estimate of drug-likeness (QED) is 0.774. The second-order valence-corrected chi connectivity index (χ2v) is 5.47. The maximum atomic E-state index is 12.0. The molecular formula is C15H13BrO2. The van der Waals surface area contributed by atoms with Crippen LogP contribution in [0.15, 0.2) is 33.2 Å². The summed E-state index contributed by atoms with van der Waals surface area (Å²) in [6.07, 6.45) is 2.41. The number of Topliss-reactive ketones (excluding diaryl/α,β-unsaturated/α-hetero) is 1. The molecule has 1 aromatic heterocycles. The molecule has 0 spiro atoms. The van der Waals surface area contributed by atoms with Gasteiger partial charge in [-0.1, -0.05) is 34.1 Å². The van der Waals surface area contributed by atoms with E-state index < -0.39 is 0 Å². The number of fused-ring (bicyclic) bond motifs is 1. The summed E-state index contributed by atoms with van der Waals surface area (Å²) in [6.45, 7) is 1.97. The number of hydrogen-bond acceptors (Lipinski definition) is 2. The van der Waals surface area contributed by atoms with Crippen molar-refractivity contribution in [2.45, 2.75) is 26.2 Å². The van der Waals surface area contributed by atoms with Crippen molar-refractivity contribution in [3.8, 4) is 11.3 Å². The van der Waals surface area contributed by atoms with Gasteiger partial charge in [-0.05, 0) is 19.4 Å². The van der Waals surface area contributed by atoms with Crippen LogP contribution >= 0.6 is 15.9 Å². The molecule has 2 nitrogen and oxygen atoms in total. The molecule has 1 heterocycles. The summed E-state index contributed by atoms with van der Waals surface area (Å²) in [7, 11) is 0. The minimum absolute atomic E-state index is 0.218. The minimum atomic E-state index is 0.218. The van der Waals surface area contributed by atoms with Crippen molar-refractivity contribution in [3.05, 3.63) is 45.6 Å². The number of carbonyl (C=O) groups excluding carboxylic acids is 1. The molecule has 0 unspecified atom stereocenters. The molecule has 3 heteroatoms. The van der Waals surface area contributed by atoms with Crippen molar-refractivity contribution in [1.29, 1.82) is 0 Å². The number of aryl methyl sites for hydroxylation is 1. The summed E-state index contributed by atoms with van der Waals surface area (Å²) in [5.41, 5.74) is 2.80. The maximum absolute atomic E-state index is 12.0. The molecule has 0 N–H and O–H groups in total. The monoisotopic (exact) mass is 304 g/mol. The number of rotatable bonds is 1. The fraction of sp³-hybridized carbons (Fsp3) is 0.267. The van der Waals surface area contributed by atoms with Crippen molar-refractivity contribution in [3.63, 3.8) is 0 Å². The summed E-state index contributed by atoms with van der Waals surface area (Å²) >= 11 is 3.53. The number of halogens is 1. The summed E-state index contributed by atoms with van der Waals surface area (Å²) in [4.78, 5) is 12.0. The molecule has 1 aliphatic rings. The van der Waals surface area contributed by atoms with Gasteiger partial charge in [-0.25, -0.2) is 0 Å². The van der Waals surface area contributed by atoms with Gasteiger partial charge in [-0.2, -0.15) is 0 Å². The summed E-state index contributed by atoms with van der Waals surface area (Å²) in [5.74, 6) is 1.90. The number of furan rings is 1. The van der Waals surface area contributed by atoms with Gasteiger partial charge in [0.05, 0.1) is 5.56 Å². The van der Waals surface area contributed by atoms with Gasteiger partial charge in [-0.15, -0.1) is 0 Å². The van der Waals surface area contributed by atoms with Crippen molar-refractivity contribution in [1.82, 2.24) is 0 Å². The Labute approximate surface area is 114 Å². The van der Waals surface area contributed by atoms with Gasteiger partial charge in [-0.3, -0.25) is 4.79 Å². The lowest BCUT2D eigenvalue weighted by Gasteiger charge is -2.07. The molecule has 0 radical (unpaired) electrons. The van der Waals surface area contributed by atoms with E-state index in [1.165, 1.54) is 0 Å². The van der Waals surface area contributed by atoms with Crippen LogP contribution in [0.2, 0.25) is 0 Å². The van der Waals surface area contributed by atoms with Crippen LogP contribution in [0, 0.1) is 6.92 Å². The van der Waals surface area contributed by atoms with Crippen molar-refractivity contribution < 1.29 is 9.21 Å². The zero-order valence-electron chi connectivity index (χ0n) is 10.1. The molecule has 0 saturated carbocycles. The first kappa shape index (κ1) is 11.7. The highest BCUT2D eigenvalue weighted by Crippen LogP contribution is 2.37. The van der Waals surface area contributed by atoms with Gasteiger partial charge in [0.2, 0.25) is 0 Å². The van der Waals surface area contributed by atoms with Crippen LogP contribution in [-0.2, 0) is 6.42 Å². The zero-order chi connectivity index (χ0) is 12.7. The molecule has 0 atom stereocenters. The van der Waals surface area contributed by atoms with E-state index >= 15 is 0 Å². The van der Waals surface area contributed by atoms with Crippen LogP contribution in [0.25, 0.3) is 11.3 Å². The van der Waals surface area contributed by atoms with E-state index in [1.807, 2.05) is 31.2 Å². The highest BCUT2D eigenvalue weighted by atomic mass is 79.9. The average Bonchev–Trinajstić information content (AvgIpc) is 2.69. The average molecular weight is 305 g/mol. The molecule has 0 bridgehead atoms. The predicted octanol–water partition coefficient (Wildman–Crippen LogP) is 4.54. The Bertz CT molecular complexity index is 625. The molecule has 1 aromatic carbocycles. The Morgan fingerprint density at radius 1 is 1.22 bits per heavy atom. The Kier molecular flexibility index (Phi) is 2.86. The molecular weight excluding hydrogens is 292 g/mol. The second kappa shape index (κ2) is 4.39. The highest BCUT2D eigenvalue weighted by molar-refractivity contribution is 9.10. The summed E-state index contributed by atoms with van der Waals surface area (Å²) in [5, 5.41) is 0. The molecule has 0 saturated heterocycles. The molecule has 92 valence electrons. The fourth-order valence-electron chi connectivity index (χ4n) is 2.55. The SMILES string of the molecule is Cc1c(-c2ccccc2Br)oc2c1C(=O)CCC2. The lowest BCUT2D eigenvalue weighted by atomic mass is 9.93. The first-order chi connectivity index (χ1) is 8.68. The van der Waals surface area contributed by atoms with Gasteiger partial charge < -0.3 is 4.42 Å². The van der Waals surface area contributed by atoms with Crippen LogP contribution in [0.5, 0.6) is 0 Å². The molecule has 0 amide bonds. The normalized spacial score (nSPS) is 14.7. The molecule has 3 rings (SSSR count). The van der Waals surface area contributed by atoms with E-state index in [0.717, 1.165) is 45.5 Å². The van der Waals surface area contributed by atoms with E-state index in [2.05, 4.69) is 15.9 Å². The van der Waals surface area contributed by atoms with Gasteiger partial charge in [0.25, 0.3) is 0 Å². The van der Waals surface area contributed by atoms with E-state index in [9.17, 15) is 4.79 Å². The third-order valence-electron chi connectivity index (χ3n) is 3.42. The van der Waals surface area contributed by atoms with Gasteiger partial charge >= 0.3 is 0 Å². The smallest absolute Gasteiger partial charge is 0.166 e. The maximum Gasteiger partial charge on any atom is 0.166 e. The Morgan fingerprint density at radius 2 is 2.00 bits per heavy atom. The minimum Gasteiger partial charge on any atom is -0.460 e. The first-order valence-electron chi connectivity index (χ1n) is 6.09. The second-order valence-electron chi connectivity index (χ2n) is 4.61. The summed E-state index contributed by atoms with van der Waals surface area (Å²) < 4.78 is 6.92. The van der Waals surface area contributed by atoms with Gasteiger partial charge in [0, 0.05) is 28.4 Å². The fourth-order valence-corrected chi connectivity index (χ4v) is 3.02. The van der Waals surface area contributed by atoms with E-state index in [4.69, 9.17) is 4.42 Å². The highest BCUT2D eigenvalue weighted by Gasteiger charge is 2.26.